The zero-order valence-electron chi connectivity index (χ0n) is 10.9. The summed E-state index contributed by atoms with van der Waals surface area (Å²) in [6.45, 7) is 1.70. The van der Waals surface area contributed by atoms with Crippen molar-refractivity contribution >= 4 is 27.6 Å². The molecule has 0 bridgehead atoms. The predicted molar refractivity (Wildman–Crippen MR) is 76.3 cm³/mol. The Kier molecular flexibility index (Phi) is 5.78. The Morgan fingerprint density at radius 2 is 2.11 bits per heavy atom. The number of aliphatic hydroxyl groups excluding tert-OH is 2. The molecule has 0 fully saturated rings. The standard InChI is InChI=1S/C13H18BrNO4/c1-7-9(13(18)19-2)5-8(6-10(7)15)12(17)11(16)3-4-14/h5-6,11-12,16-17H,3-4,15H2,1-2H3. The number of nitrogen functional groups attached to an aromatic ring is 1. The number of aliphatic hydroxyl groups is 2. The molecule has 0 aliphatic heterocycles. The van der Waals surface area contributed by atoms with Gasteiger partial charge < -0.3 is 20.7 Å². The Labute approximate surface area is 120 Å². The highest BCUT2D eigenvalue weighted by atomic mass is 79.9. The number of rotatable bonds is 5. The van der Waals surface area contributed by atoms with Gasteiger partial charge >= 0.3 is 5.97 Å². The zero-order valence-corrected chi connectivity index (χ0v) is 12.5. The maximum Gasteiger partial charge on any atom is 0.338 e. The molecule has 1 aromatic rings. The van der Waals surface area contributed by atoms with Crippen LogP contribution in [0, 0.1) is 6.92 Å². The fourth-order valence-electron chi connectivity index (χ4n) is 1.74. The van der Waals surface area contributed by atoms with E-state index < -0.39 is 18.2 Å². The molecule has 1 aromatic carbocycles. The molecule has 0 amide bonds. The van der Waals surface area contributed by atoms with E-state index in [0.717, 1.165) is 0 Å². The molecule has 0 aliphatic rings. The van der Waals surface area contributed by atoms with Gasteiger partial charge in [-0.2, -0.15) is 0 Å². The Balaban J connectivity index is 3.16. The van der Waals surface area contributed by atoms with Crippen molar-refractivity contribution in [2.24, 2.45) is 0 Å². The quantitative estimate of drug-likeness (QED) is 0.432. The highest BCUT2D eigenvalue weighted by Gasteiger charge is 2.21. The van der Waals surface area contributed by atoms with Crippen LogP contribution in [0.15, 0.2) is 12.1 Å². The van der Waals surface area contributed by atoms with Gasteiger partial charge in [0.05, 0.1) is 18.8 Å². The fraction of sp³-hybridized carbons (Fsp3) is 0.462. The van der Waals surface area contributed by atoms with Gasteiger partial charge in [0.25, 0.3) is 0 Å². The summed E-state index contributed by atoms with van der Waals surface area (Å²) in [6.07, 6.45) is -1.63. The second kappa shape index (κ2) is 6.88. The maximum absolute atomic E-state index is 11.6. The average Bonchev–Trinajstić information content (AvgIpc) is 2.40. The summed E-state index contributed by atoms with van der Waals surface area (Å²) in [6, 6.07) is 3.06. The van der Waals surface area contributed by atoms with Gasteiger partial charge in [-0.25, -0.2) is 4.79 Å². The molecule has 6 heteroatoms. The minimum atomic E-state index is -1.09. The van der Waals surface area contributed by atoms with Crippen LogP contribution in [0.3, 0.4) is 0 Å². The highest BCUT2D eigenvalue weighted by Crippen LogP contribution is 2.26. The summed E-state index contributed by atoms with van der Waals surface area (Å²) >= 11 is 3.20. The minimum Gasteiger partial charge on any atom is -0.465 e. The summed E-state index contributed by atoms with van der Waals surface area (Å²) in [5.41, 5.74) is 7.48. The van der Waals surface area contributed by atoms with E-state index in [1.165, 1.54) is 13.2 Å². The van der Waals surface area contributed by atoms with Gasteiger partial charge in [-0.15, -0.1) is 0 Å². The first-order valence-electron chi connectivity index (χ1n) is 5.82. The number of hydrogen-bond acceptors (Lipinski definition) is 5. The van der Waals surface area contributed by atoms with Crippen LogP contribution in [-0.2, 0) is 4.74 Å². The molecule has 1 rings (SSSR count). The number of esters is 1. The monoisotopic (exact) mass is 331 g/mol. The van der Waals surface area contributed by atoms with E-state index in [4.69, 9.17) is 5.73 Å². The lowest BCUT2D eigenvalue weighted by Crippen LogP contribution is -2.19. The van der Waals surface area contributed by atoms with E-state index in [1.807, 2.05) is 0 Å². The van der Waals surface area contributed by atoms with Crippen LogP contribution in [0.25, 0.3) is 0 Å². The lowest BCUT2D eigenvalue weighted by molar-refractivity contribution is 0.0173. The van der Waals surface area contributed by atoms with Gasteiger partial charge in [-0.3, -0.25) is 0 Å². The molecule has 2 unspecified atom stereocenters. The molecule has 0 aromatic heterocycles. The van der Waals surface area contributed by atoms with Crippen LogP contribution in [0.5, 0.6) is 0 Å². The Hall–Kier alpha value is -1.11. The molecule has 0 aliphatic carbocycles. The van der Waals surface area contributed by atoms with Crippen molar-refractivity contribution in [3.05, 3.63) is 28.8 Å². The summed E-state index contributed by atoms with van der Waals surface area (Å²) in [5, 5.41) is 20.4. The number of carbonyl (C=O) groups excluding carboxylic acids is 1. The van der Waals surface area contributed by atoms with Gasteiger partial charge in [0.15, 0.2) is 0 Å². The molecule has 5 nitrogen and oxygen atoms in total. The van der Waals surface area contributed by atoms with Crippen molar-refractivity contribution in [3.63, 3.8) is 0 Å². The molecule has 0 radical (unpaired) electrons. The van der Waals surface area contributed by atoms with E-state index in [-0.39, 0.29) is 0 Å². The van der Waals surface area contributed by atoms with Gasteiger partial charge in [-0.05, 0) is 36.6 Å². The number of carbonyl (C=O) groups is 1. The normalized spacial score (nSPS) is 13.9. The van der Waals surface area contributed by atoms with Gasteiger partial charge in [0.2, 0.25) is 0 Å². The van der Waals surface area contributed by atoms with Crippen LogP contribution < -0.4 is 5.73 Å². The highest BCUT2D eigenvalue weighted by molar-refractivity contribution is 9.09. The van der Waals surface area contributed by atoms with E-state index >= 15 is 0 Å². The SMILES string of the molecule is COC(=O)c1cc(C(O)C(O)CCBr)cc(N)c1C. The summed E-state index contributed by atoms with van der Waals surface area (Å²) in [5.74, 6) is -0.520. The molecule has 0 saturated carbocycles. The third-order valence-electron chi connectivity index (χ3n) is 2.99. The summed E-state index contributed by atoms with van der Waals surface area (Å²) in [4.78, 5) is 11.6. The number of alkyl halides is 1. The summed E-state index contributed by atoms with van der Waals surface area (Å²) < 4.78 is 4.67. The second-order valence-corrected chi connectivity index (χ2v) is 5.06. The Morgan fingerprint density at radius 3 is 2.63 bits per heavy atom. The smallest absolute Gasteiger partial charge is 0.338 e. The molecule has 0 spiro atoms. The van der Waals surface area contributed by atoms with Crippen LogP contribution >= 0.6 is 15.9 Å². The number of halogens is 1. The molecule has 0 heterocycles. The van der Waals surface area contributed by atoms with E-state index in [9.17, 15) is 15.0 Å². The number of hydrogen-bond donors (Lipinski definition) is 3. The molecule has 106 valence electrons. The van der Waals surface area contributed by atoms with Crippen molar-refractivity contribution in [2.45, 2.75) is 25.6 Å². The fourth-order valence-corrected chi connectivity index (χ4v) is 2.21. The third kappa shape index (κ3) is 3.68. The number of ether oxygens (including phenoxy) is 1. The van der Waals surface area contributed by atoms with Gasteiger partial charge in [-0.1, -0.05) is 15.9 Å². The molecule has 0 saturated heterocycles. The Morgan fingerprint density at radius 1 is 1.47 bits per heavy atom. The largest absolute Gasteiger partial charge is 0.465 e. The first-order valence-corrected chi connectivity index (χ1v) is 6.95. The molecular weight excluding hydrogens is 314 g/mol. The van der Waals surface area contributed by atoms with Crippen molar-refractivity contribution in [2.75, 3.05) is 18.2 Å². The number of nitrogens with two attached hydrogens (primary N) is 1. The van der Waals surface area contributed by atoms with Crippen LogP contribution in [0.4, 0.5) is 5.69 Å². The molecular formula is C13H18BrNO4. The van der Waals surface area contributed by atoms with Crippen molar-refractivity contribution in [1.29, 1.82) is 0 Å². The predicted octanol–water partition coefficient (Wildman–Crippen LogP) is 1.54. The average molecular weight is 332 g/mol. The van der Waals surface area contributed by atoms with E-state index in [0.29, 0.717) is 34.1 Å². The first-order chi connectivity index (χ1) is 8.92. The lowest BCUT2D eigenvalue weighted by atomic mass is 9.96. The second-order valence-electron chi connectivity index (χ2n) is 4.26. The summed E-state index contributed by atoms with van der Waals surface area (Å²) in [7, 11) is 1.28. The molecule has 4 N–H and O–H groups in total. The van der Waals surface area contributed by atoms with E-state index in [1.54, 1.807) is 13.0 Å². The Bertz CT molecular complexity index is 464. The topological polar surface area (TPSA) is 92.8 Å². The van der Waals surface area contributed by atoms with Gasteiger partial charge in [0, 0.05) is 11.0 Å². The van der Waals surface area contributed by atoms with Crippen LogP contribution in [0.2, 0.25) is 0 Å². The number of benzene rings is 1. The van der Waals surface area contributed by atoms with Crippen molar-refractivity contribution in [3.8, 4) is 0 Å². The van der Waals surface area contributed by atoms with E-state index in [2.05, 4.69) is 20.7 Å². The number of methoxy groups -OCH3 is 1. The maximum atomic E-state index is 11.6. The molecule has 2 atom stereocenters. The van der Waals surface area contributed by atoms with Gasteiger partial charge in [0.1, 0.15) is 6.10 Å². The van der Waals surface area contributed by atoms with Crippen molar-refractivity contribution < 1.29 is 19.7 Å². The number of anilines is 1. The zero-order chi connectivity index (χ0) is 14.6. The first kappa shape index (κ1) is 15.9. The minimum absolute atomic E-state index is 0.294. The van der Waals surface area contributed by atoms with Crippen molar-refractivity contribution in [1.82, 2.24) is 0 Å². The van der Waals surface area contributed by atoms with Crippen LogP contribution in [-0.4, -0.2) is 34.7 Å². The lowest BCUT2D eigenvalue weighted by Gasteiger charge is -2.19. The third-order valence-corrected chi connectivity index (χ3v) is 3.44. The molecule has 19 heavy (non-hydrogen) atoms. The van der Waals surface area contributed by atoms with Crippen LogP contribution in [0.1, 0.15) is 34.0 Å².